The molecule has 0 spiro atoms. The third kappa shape index (κ3) is 5.03. The number of nitro benzene ring substituents is 1. The molecular formula is C19H18Cl2N4O2. The second-order valence-electron chi connectivity index (χ2n) is 5.74. The second kappa shape index (κ2) is 8.62. The summed E-state index contributed by atoms with van der Waals surface area (Å²) in [6, 6.07) is 15.7. The van der Waals surface area contributed by atoms with Gasteiger partial charge in [0.25, 0.3) is 5.69 Å². The van der Waals surface area contributed by atoms with Gasteiger partial charge in [-0.3, -0.25) is 10.1 Å². The molecule has 8 heteroatoms. The molecule has 0 fully saturated rings. The van der Waals surface area contributed by atoms with Crippen LogP contribution in [0.25, 0.3) is 11.1 Å². The van der Waals surface area contributed by atoms with Gasteiger partial charge in [-0.05, 0) is 47.9 Å². The molecule has 6 N–H and O–H groups in total. The van der Waals surface area contributed by atoms with E-state index in [2.05, 4.69) is 0 Å². The zero-order valence-electron chi connectivity index (χ0n) is 14.4. The first-order valence-corrected chi connectivity index (χ1v) is 8.56. The number of para-hydroxylation sites is 1. The fourth-order valence-electron chi connectivity index (χ4n) is 2.24. The maximum absolute atomic E-state index is 10.3. The van der Waals surface area contributed by atoms with Crippen LogP contribution >= 0.6 is 23.2 Å². The fraction of sp³-hybridized carbons (Fsp3) is 0.0526. The van der Waals surface area contributed by atoms with Crippen molar-refractivity contribution in [3.05, 3.63) is 80.3 Å². The molecule has 0 aliphatic heterocycles. The lowest BCUT2D eigenvalue weighted by Crippen LogP contribution is -1.96. The number of aryl methyl sites for hydroxylation is 1. The highest BCUT2D eigenvalue weighted by Gasteiger charge is 2.10. The average molecular weight is 405 g/mol. The van der Waals surface area contributed by atoms with Crippen molar-refractivity contribution in [3.8, 4) is 11.1 Å². The highest BCUT2D eigenvalue weighted by molar-refractivity contribution is 6.34. The quantitative estimate of drug-likeness (QED) is 0.303. The van der Waals surface area contributed by atoms with Crippen LogP contribution in [0.5, 0.6) is 0 Å². The Morgan fingerprint density at radius 2 is 1.33 bits per heavy atom. The van der Waals surface area contributed by atoms with Gasteiger partial charge >= 0.3 is 0 Å². The van der Waals surface area contributed by atoms with Gasteiger partial charge in [-0.2, -0.15) is 0 Å². The molecule has 0 unspecified atom stereocenters. The van der Waals surface area contributed by atoms with Gasteiger partial charge in [0.2, 0.25) is 0 Å². The molecule has 3 aromatic carbocycles. The SMILES string of the molecule is Cc1cccc([N+](=O)[O-])c1N.Nc1ccc(-c2ccc(N)c(Cl)c2)cc1Cl. The van der Waals surface area contributed by atoms with Crippen LogP contribution in [-0.4, -0.2) is 4.92 Å². The summed E-state index contributed by atoms with van der Waals surface area (Å²) in [6.45, 7) is 1.74. The zero-order valence-corrected chi connectivity index (χ0v) is 16.0. The number of nitrogens with two attached hydrogens (primary N) is 3. The molecule has 0 heterocycles. The Morgan fingerprint density at radius 3 is 1.70 bits per heavy atom. The van der Waals surface area contributed by atoms with E-state index in [1.54, 1.807) is 43.3 Å². The fourth-order valence-corrected chi connectivity index (χ4v) is 2.60. The minimum absolute atomic E-state index is 0.0231. The maximum atomic E-state index is 10.3. The normalized spacial score (nSPS) is 10.0. The van der Waals surface area contributed by atoms with Gasteiger partial charge in [0.15, 0.2) is 0 Å². The zero-order chi connectivity index (χ0) is 20.1. The summed E-state index contributed by atoms with van der Waals surface area (Å²) in [4.78, 5) is 9.82. The number of hydrogen-bond donors (Lipinski definition) is 3. The minimum Gasteiger partial charge on any atom is -0.398 e. The molecule has 0 aliphatic carbocycles. The summed E-state index contributed by atoms with van der Waals surface area (Å²) in [6.07, 6.45) is 0. The molecule has 3 rings (SSSR count). The van der Waals surface area contributed by atoms with Crippen molar-refractivity contribution in [1.82, 2.24) is 0 Å². The third-order valence-electron chi connectivity index (χ3n) is 3.83. The first kappa shape index (κ1) is 20.4. The van der Waals surface area contributed by atoms with E-state index in [1.807, 2.05) is 12.1 Å². The average Bonchev–Trinajstić information content (AvgIpc) is 2.62. The van der Waals surface area contributed by atoms with Crippen molar-refractivity contribution < 1.29 is 4.92 Å². The molecule has 0 atom stereocenters. The summed E-state index contributed by atoms with van der Waals surface area (Å²) in [5.41, 5.74) is 20.7. The number of hydrogen-bond acceptors (Lipinski definition) is 5. The standard InChI is InChI=1S/C12H10Cl2N2.C7H8N2O2/c13-9-5-7(1-3-11(9)15)8-2-4-12(16)10(14)6-8;1-5-3-2-4-6(7(5)8)9(10)11/h1-6H,15-16H2;2-4H,8H2,1H3. The van der Waals surface area contributed by atoms with Crippen molar-refractivity contribution in [2.24, 2.45) is 0 Å². The predicted octanol–water partition coefficient (Wildman–Crippen LogP) is 5.31. The van der Waals surface area contributed by atoms with Gasteiger partial charge in [-0.1, -0.05) is 47.5 Å². The molecule has 0 saturated carbocycles. The van der Waals surface area contributed by atoms with Crippen LogP contribution in [0.2, 0.25) is 10.0 Å². The number of nitro groups is 1. The van der Waals surface area contributed by atoms with Crippen LogP contribution in [0.15, 0.2) is 54.6 Å². The van der Waals surface area contributed by atoms with Gasteiger partial charge in [0.05, 0.1) is 26.3 Å². The predicted molar refractivity (Wildman–Crippen MR) is 113 cm³/mol. The molecule has 0 aliphatic rings. The minimum atomic E-state index is -0.484. The van der Waals surface area contributed by atoms with E-state index in [0.29, 0.717) is 21.4 Å². The summed E-state index contributed by atoms with van der Waals surface area (Å²) >= 11 is 11.9. The summed E-state index contributed by atoms with van der Waals surface area (Å²) in [5, 5.41) is 11.4. The Morgan fingerprint density at radius 1 is 0.852 bits per heavy atom. The summed E-state index contributed by atoms with van der Waals surface area (Å²) in [7, 11) is 0. The van der Waals surface area contributed by atoms with Crippen LogP contribution in [0.4, 0.5) is 22.7 Å². The van der Waals surface area contributed by atoms with E-state index in [0.717, 1.165) is 16.7 Å². The van der Waals surface area contributed by atoms with E-state index >= 15 is 0 Å². The molecular weight excluding hydrogens is 387 g/mol. The van der Waals surface area contributed by atoms with Crippen molar-refractivity contribution in [1.29, 1.82) is 0 Å². The van der Waals surface area contributed by atoms with E-state index < -0.39 is 4.92 Å². The number of halogens is 2. The largest absolute Gasteiger partial charge is 0.398 e. The Balaban J connectivity index is 0.000000208. The van der Waals surface area contributed by atoms with Crippen LogP contribution in [-0.2, 0) is 0 Å². The van der Waals surface area contributed by atoms with E-state index in [4.69, 9.17) is 40.4 Å². The smallest absolute Gasteiger partial charge is 0.292 e. The number of rotatable bonds is 2. The Kier molecular flexibility index (Phi) is 6.50. The van der Waals surface area contributed by atoms with Gasteiger partial charge < -0.3 is 17.2 Å². The number of anilines is 3. The maximum Gasteiger partial charge on any atom is 0.292 e. The third-order valence-corrected chi connectivity index (χ3v) is 4.49. The molecule has 3 aromatic rings. The number of nitrogens with zero attached hydrogens (tertiary/aromatic N) is 1. The van der Waals surface area contributed by atoms with E-state index in [1.165, 1.54) is 6.07 Å². The van der Waals surface area contributed by atoms with Gasteiger partial charge in [-0.15, -0.1) is 0 Å². The summed E-state index contributed by atoms with van der Waals surface area (Å²) < 4.78 is 0. The molecule has 0 saturated heterocycles. The van der Waals surface area contributed by atoms with Crippen LogP contribution < -0.4 is 17.2 Å². The Labute approximate surface area is 166 Å². The molecule has 140 valence electrons. The highest BCUT2D eigenvalue weighted by Crippen LogP contribution is 2.30. The number of nitrogen functional groups attached to an aromatic ring is 3. The number of benzene rings is 3. The van der Waals surface area contributed by atoms with E-state index in [-0.39, 0.29) is 11.4 Å². The molecule has 0 radical (unpaired) electrons. The molecule has 0 aromatic heterocycles. The lowest BCUT2D eigenvalue weighted by Gasteiger charge is -2.06. The molecule has 0 amide bonds. The molecule has 0 bridgehead atoms. The Hall–Kier alpha value is -2.96. The highest BCUT2D eigenvalue weighted by atomic mass is 35.5. The molecule has 6 nitrogen and oxygen atoms in total. The van der Waals surface area contributed by atoms with Crippen LogP contribution in [0.1, 0.15) is 5.56 Å². The van der Waals surface area contributed by atoms with Gasteiger partial charge in [0.1, 0.15) is 5.69 Å². The first-order valence-electron chi connectivity index (χ1n) is 7.80. The lowest BCUT2D eigenvalue weighted by molar-refractivity contribution is -0.383. The van der Waals surface area contributed by atoms with Crippen molar-refractivity contribution in [2.45, 2.75) is 6.92 Å². The van der Waals surface area contributed by atoms with Gasteiger partial charge in [0, 0.05) is 6.07 Å². The van der Waals surface area contributed by atoms with Crippen molar-refractivity contribution >= 4 is 46.0 Å². The Bertz CT molecular complexity index is 944. The topological polar surface area (TPSA) is 121 Å². The van der Waals surface area contributed by atoms with Crippen molar-refractivity contribution in [2.75, 3.05) is 17.2 Å². The van der Waals surface area contributed by atoms with Gasteiger partial charge in [-0.25, -0.2) is 0 Å². The molecule has 27 heavy (non-hydrogen) atoms. The summed E-state index contributed by atoms with van der Waals surface area (Å²) in [5.74, 6) is 0. The van der Waals surface area contributed by atoms with Crippen LogP contribution in [0.3, 0.4) is 0 Å². The van der Waals surface area contributed by atoms with Crippen LogP contribution in [0, 0.1) is 17.0 Å². The second-order valence-corrected chi connectivity index (χ2v) is 6.55. The van der Waals surface area contributed by atoms with Crippen molar-refractivity contribution in [3.63, 3.8) is 0 Å². The first-order chi connectivity index (χ1) is 12.7. The monoisotopic (exact) mass is 404 g/mol. The lowest BCUT2D eigenvalue weighted by atomic mass is 10.1. The van der Waals surface area contributed by atoms with E-state index in [9.17, 15) is 10.1 Å².